The predicted octanol–water partition coefficient (Wildman–Crippen LogP) is 6.74. The van der Waals surface area contributed by atoms with E-state index in [2.05, 4.69) is 4.90 Å². The Labute approximate surface area is 201 Å². The highest BCUT2D eigenvalue weighted by Crippen LogP contribution is 2.39. The van der Waals surface area contributed by atoms with E-state index in [1.807, 2.05) is 43.3 Å². The smallest absolute Gasteiger partial charge is 0.417 e. The number of aryl methyl sites for hydroxylation is 1. The summed E-state index contributed by atoms with van der Waals surface area (Å²) in [5.74, 6) is -0.595. The summed E-state index contributed by atoms with van der Waals surface area (Å²) in [6.07, 6.45) is -3.77. The first-order chi connectivity index (χ1) is 16.2. The molecule has 3 nitrogen and oxygen atoms in total. The van der Waals surface area contributed by atoms with Gasteiger partial charge in [-0.05, 0) is 52.4 Å². The summed E-state index contributed by atoms with van der Waals surface area (Å²) in [7, 11) is 0. The standard InChI is InChI=1S/C27H26F3NO2S/c1-2-20-5-3-4-6-23(20)24-12-9-19(13-25(24)27(28,29)30)17-34-22-10-7-18(8-11-22)14-31-15-21(16-31)26(32)33/h3-13,21H,2,14-17H2,1H3,(H,32,33). The van der Waals surface area contributed by atoms with Crippen LogP contribution in [0.25, 0.3) is 11.1 Å². The molecule has 0 amide bonds. The molecule has 1 aliphatic heterocycles. The van der Waals surface area contributed by atoms with Gasteiger partial charge in [-0.3, -0.25) is 9.69 Å². The third-order valence-electron chi connectivity index (χ3n) is 6.12. The number of aliphatic carboxylic acids is 1. The molecule has 1 saturated heterocycles. The van der Waals surface area contributed by atoms with Crippen molar-refractivity contribution in [2.75, 3.05) is 13.1 Å². The normalized spacial score (nSPS) is 14.7. The van der Waals surface area contributed by atoms with Crippen molar-refractivity contribution in [3.63, 3.8) is 0 Å². The molecule has 7 heteroatoms. The molecule has 1 N–H and O–H groups in total. The number of carbonyl (C=O) groups is 1. The van der Waals surface area contributed by atoms with Gasteiger partial charge in [0, 0.05) is 30.3 Å². The summed E-state index contributed by atoms with van der Waals surface area (Å²) < 4.78 is 41.8. The Balaban J connectivity index is 1.44. The molecule has 0 bridgehead atoms. The maximum Gasteiger partial charge on any atom is 0.417 e. The number of halogens is 3. The molecule has 3 aromatic rings. The van der Waals surface area contributed by atoms with E-state index in [4.69, 9.17) is 5.11 Å². The lowest BCUT2D eigenvalue weighted by molar-refractivity contribution is -0.147. The van der Waals surface area contributed by atoms with Crippen molar-refractivity contribution in [3.05, 3.63) is 89.0 Å². The molecular weight excluding hydrogens is 459 g/mol. The number of hydrogen-bond acceptors (Lipinski definition) is 3. The van der Waals surface area contributed by atoms with Crippen molar-refractivity contribution in [1.29, 1.82) is 0 Å². The van der Waals surface area contributed by atoms with E-state index in [1.165, 1.54) is 17.8 Å². The SMILES string of the molecule is CCc1ccccc1-c1ccc(CSc2ccc(CN3CC(C(=O)O)C3)cc2)cc1C(F)(F)F. The molecule has 0 aliphatic carbocycles. The van der Waals surface area contributed by atoms with Crippen LogP contribution in [0.2, 0.25) is 0 Å². The predicted molar refractivity (Wildman–Crippen MR) is 129 cm³/mol. The number of hydrogen-bond donors (Lipinski definition) is 1. The van der Waals surface area contributed by atoms with Crippen molar-refractivity contribution < 1.29 is 23.1 Å². The molecule has 1 heterocycles. The first-order valence-corrected chi connectivity index (χ1v) is 12.2. The van der Waals surface area contributed by atoms with Gasteiger partial charge in [0.2, 0.25) is 0 Å². The molecule has 0 atom stereocenters. The number of carboxylic acid groups (broad SMARTS) is 1. The largest absolute Gasteiger partial charge is 0.481 e. The second kappa shape index (κ2) is 10.2. The third kappa shape index (κ3) is 5.65. The zero-order valence-electron chi connectivity index (χ0n) is 18.8. The lowest BCUT2D eigenvalue weighted by Gasteiger charge is -2.36. The van der Waals surface area contributed by atoms with Crippen LogP contribution in [-0.2, 0) is 29.7 Å². The van der Waals surface area contributed by atoms with Gasteiger partial charge in [-0.25, -0.2) is 0 Å². The third-order valence-corrected chi connectivity index (χ3v) is 7.20. The Morgan fingerprint density at radius 1 is 1.00 bits per heavy atom. The van der Waals surface area contributed by atoms with E-state index >= 15 is 0 Å². The quantitative estimate of drug-likeness (QED) is 0.359. The summed E-state index contributed by atoms with van der Waals surface area (Å²) in [4.78, 5) is 14.0. The van der Waals surface area contributed by atoms with Crippen LogP contribution in [0.1, 0.15) is 29.2 Å². The highest BCUT2D eigenvalue weighted by molar-refractivity contribution is 7.98. The van der Waals surface area contributed by atoms with Crippen LogP contribution >= 0.6 is 11.8 Å². The molecule has 0 unspecified atom stereocenters. The second-order valence-electron chi connectivity index (χ2n) is 8.55. The number of rotatable bonds is 8. The Hall–Kier alpha value is -2.77. The maximum absolute atomic E-state index is 13.9. The van der Waals surface area contributed by atoms with Gasteiger partial charge in [-0.15, -0.1) is 11.8 Å². The first-order valence-electron chi connectivity index (χ1n) is 11.2. The van der Waals surface area contributed by atoms with Crippen LogP contribution in [0, 0.1) is 5.92 Å². The zero-order chi connectivity index (χ0) is 24.3. The number of benzene rings is 3. The van der Waals surface area contributed by atoms with Crippen molar-refractivity contribution in [1.82, 2.24) is 4.90 Å². The Morgan fingerprint density at radius 3 is 2.32 bits per heavy atom. The molecule has 4 rings (SSSR count). The minimum Gasteiger partial charge on any atom is -0.481 e. The summed E-state index contributed by atoms with van der Waals surface area (Å²) in [6, 6.07) is 19.8. The zero-order valence-corrected chi connectivity index (χ0v) is 19.6. The van der Waals surface area contributed by atoms with Gasteiger partial charge in [-0.2, -0.15) is 13.2 Å². The molecule has 3 aromatic carbocycles. The Bertz CT molecular complexity index is 1160. The summed E-state index contributed by atoms with van der Waals surface area (Å²) in [6.45, 7) is 3.77. The van der Waals surface area contributed by atoms with E-state index in [0.717, 1.165) is 16.0 Å². The highest BCUT2D eigenvalue weighted by atomic mass is 32.2. The summed E-state index contributed by atoms with van der Waals surface area (Å²) in [5, 5.41) is 8.97. The topological polar surface area (TPSA) is 40.5 Å². The molecule has 0 saturated carbocycles. The van der Waals surface area contributed by atoms with Crippen LogP contribution in [-0.4, -0.2) is 29.1 Å². The maximum atomic E-state index is 13.9. The fourth-order valence-electron chi connectivity index (χ4n) is 4.21. The fraction of sp³-hybridized carbons (Fsp3) is 0.296. The molecule has 178 valence electrons. The van der Waals surface area contributed by atoms with Crippen molar-refractivity contribution in [2.24, 2.45) is 5.92 Å². The number of thioether (sulfide) groups is 1. The molecule has 0 aromatic heterocycles. The van der Waals surface area contributed by atoms with E-state index < -0.39 is 17.7 Å². The van der Waals surface area contributed by atoms with Gasteiger partial charge in [0.05, 0.1) is 11.5 Å². The lowest BCUT2D eigenvalue weighted by atomic mass is 9.93. The highest BCUT2D eigenvalue weighted by Gasteiger charge is 2.34. The Morgan fingerprint density at radius 2 is 1.68 bits per heavy atom. The monoisotopic (exact) mass is 485 g/mol. The van der Waals surface area contributed by atoms with Gasteiger partial charge in [0.25, 0.3) is 0 Å². The van der Waals surface area contributed by atoms with Crippen LogP contribution in [0.5, 0.6) is 0 Å². The molecule has 34 heavy (non-hydrogen) atoms. The average Bonchev–Trinajstić information content (AvgIpc) is 2.79. The molecular formula is C27H26F3NO2S. The number of nitrogens with zero attached hydrogens (tertiary/aromatic N) is 1. The minimum absolute atomic E-state index is 0.221. The van der Waals surface area contributed by atoms with Crippen LogP contribution in [0.4, 0.5) is 13.2 Å². The van der Waals surface area contributed by atoms with E-state index in [0.29, 0.717) is 42.9 Å². The number of likely N-dealkylation sites (tertiary alicyclic amines) is 1. The Kier molecular flexibility index (Phi) is 7.33. The molecule has 1 aliphatic rings. The average molecular weight is 486 g/mol. The lowest BCUT2D eigenvalue weighted by Crippen LogP contribution is -2.49. The van der Waals surface area contributed by atoms with Crippen molar-refractivity contribution >= 4 is 17.7 Å². The van der Waals surface area contributed by atoms with Gasteiger partial charge in [-0.1, -0.05) is 55.5 Å². The van der Waals surface area contributed by atoms with Crippen molar-refractivity contribution in [3.8, 4) is 11.1 Å². The fourth-order valence-corrected chi connectivity index (χ4v) is 5.05. The van der Waals surface area contributed by atoms with Gasteiger partial charge < -0.3 is 5.11 Å². The van der Waals surface area contributed by atoms with Gasteiger partial charge in [0.15, 0.2) is 0 Å². The van der Waals surface area contributed by atoms with Gasteiger partial charge in [0.1, 0.15) is 0 Å². The molecule has 1 fully saturated rings. The first kappa shape index (κ1) is 24.4. The van der Waals surface area contributed by atoms with Crippen LogP contribution in [0.3, 0.4) is 0 Å². The van der Waals surface area contributed by atoms with E-state index in [-0.39, 0.29) is 11.5 Å². The number of alkyl halides is 3. The molecule has 0 radical (unpaired) electrons. The summed E-state index contributed by atoms with van der Waals surface area (Å²) in [5.41, 5.74) is 2.86. The van der Waals surface area contributed by atoms with Crippen molar-refractivity contribution in [2.45, 2.75) is 36.7 Å². The van der Waals surface area contributed by atoms with Crippen LogP contribution in [0.15, 0.2) is 71.6 Å². The summed E-state index contributed by atoms with van der Waals surface area (Å²) >= 11 is 1.50. The number of carboxylic acids is 1. The minimum atomic E-state index is -4.44. The molecule has 0 spiro atoms. The van der Waals surface area contributed by atoms with E-state index in [1.54, 1.807) is 24.3 Å². The second-order valence-corrected chi connectivity index (χ2v) is 9.60. The van der Waals surface area contributed by atoms with Crippen LogP contribution < -0.4 is 0 Å². The van der Waals surface area contributed by atoms with E-state index in [9.17, 15) is 18.0 Å². The van der Waals surface area contributed by atoms with Gasteiger partial charge >= 0.3 is 12.1 Å².